The lowest BCUT2D eigenvalue weighted by Gasteiger charge is -2.31. The van der Waals surface area contributed by atoms with Crippen molar-refractivity contribution in [2.75, 3.05) is 11.9 Å². The fraction of sp³-hybridized carbons (Fsp3) is 0.550. The number of likely N-dealkylation sites (N-methyl/N-ethyl adjacent to an activating group) is 1. The van der Waals surface area contributed by atoms with Gasteiger partial charge in [0.2, 0.25) is 0 Å². The number of carbonyl (C=O) groups is 1. The summed E-state index contributed by atoms with van der Waals surface area (Å²) in [6.07, 6.45) is 5.06. The van der Waals surface area contributed by atoms with Crippen LogP contribution in [0.2, 0.25) is 0 Å². The largest absolute Gasteiger partial charge is 0.345 e. The Morgan fingerprint density at radius 1 is 1.27 bits per heavy atom. The number of nitrogens with one attached hydrogen (secondary N) is 1. The molecule has 1 aromatic rings. The third kappa shape index (κ3) is 4.85. The first kappa shape index (κ1) is 22.3. The third-order valence-corrected chi connectivity index (χ3v) is 6.90. The standard InChI is InChI=1S/C20H26F2N4O3S/c1-4-26-16(19(27)24-18-7-5-6-17(23-18)20(3,21)22)12-15(25-30(26,28)29)14-10-8-13(2)9-11-14/h5-7,12-14H,4,8-11H2,1-3H3,(H,23,24,27). The van der Waals surface area contributed by atoms with Crippen molar-refractivity contribution in [2.45, 2.75) is 52.4 Å². The molecule has 1 saturated carbocycles. The molecule has 3 rings (SSSR count). The van der Waals surface area contributed by atoms with Crippen molar-refractivity contribution in [3.63, 3.8) is 0 Å². The summed E-state index contributed by atoms with van der Waals surface area (Å²) in [5.41, 5.74) is -0.202. The molecule has 0 atom stereocenters. The van der Waals surface area contributed by atoms with Crippen molar-refractivity contribution < 1.29 is 22.0 Å². The van der Waals surface area contributed by atoms with E-state index in [-0.39, 0.29) is 24.0 Å². The number of pyridine rings is 1. The summed E-state index contributed by atoms with van der Waals surface area (Å²) in [6, 6.07) is 3.89. The van der Waals surface area contributed by atoms with E-state index in [0.29, 0.717) is 18.6 Å². The fourth-order valence-electron chi connectivity index (χ4n) is 3.73. The van der Waals surface area contributed by atoms with Crippen LogP contribution in [-0.4, -0.2) is 35.9 Å². The van der Waals surface area contributed by atoms with E-state index < -0.39 is 27.7 Å². The van der Waals surface area contributed by atoms with Crippen molar-refractivity contribution in [1.82, 2.24) is 9.29 Å². The van der Waals surface area contributed by atoms with E-state index in [4.69, 9.17) is 0 Å². The molecule has 1 fully saturated rings. The first-order chi connectivity index (χ1) is 14.0. The Morgan fingerprint density at radius 3 is 2.53 bits per heavy atom. The summed E-state index contributed by atoms with van der Waals surface area (Å²) in [7, 11) is -4.05. The number of amides is 1. The van der Waals surface area contributed by atoms with Gasteiger partial charge in [-0.15, -0.1) is 4.40 Å². The Morgan fingerprint density at radius 2 is 1.93 bits per heavy atom. The van der Waals surface area contributed by atoms with Gasteiger partial charge in [-0.1, -0.05) is 25.8 Å². The van der Waals surface area contributed by atoms with Crippen molar-refractivity contribution in [1.29, 1.82) is 0 Å². The Bertz CT molecular complexity index is 978. The zero-order valence-electron chi connectivity index (χ0n) is 17.2. The molecule has 1 aliphatic carbocycles. The molecule has 0 bridgehead atoms. The van der Waals surface area contributed by atoms with Crippen LogP contribution < -0.4 is 5.32 Å². The molecule has 0 spiro atoms. The second-order valence-corrected chi connectivity index (χ2v) is 9.41. The Kier molecular flexibility index (Phi) is 6.26. The van der Waals surface area contributed by atoms with Gasteiger partial charge in [0.15, 0.2) is 0 Å². The molecule has 164 valence electrons. The maximum absolute atomic E-state index is 13.5. The minimum absolute atomic E-state index is 0.0145. The van der Waals surface area contributed by atoms with Gasteiger partial charge in [0, 0.05) is 19.4 Å². The molecule has 1 aromatic heterocycles. The second kappa shape index (κ2) is 8.41. The number of anilines is 1. The van der Waals surface area contributed by atoms with E-state index in [1.54, 1.807) is 6.92 Å². The summed E-state index contributed by atoms with van der Waals surface area (Å²) in [5, 5.41) is 2.44. The monoisotopic (exact) mass is 440 g/mol. The van der Waals surface area contributed by atoms with Gasteiger partial charge < -0.3 is 5.32 Å². The van der Waals surface area contributed by atoms with Crippen LogP contribution >= 0.6 is 0 Å². The molecule has 0 unspecified atom stereocenters. The quantitative estimate of drug-likeness (QED) is 0.753. The Balaban J connectivity index is 1.89. The molecule has 7 nitrogen and oxygen atoms in total. The number of aromatic nitrogens is 1. The lowest BCUT2D eigenvalue weighted by molar-refractivity contribution is -0.113. The zero-order valence-corrected chi connectivity index (χ0v) is 18.0. The highest BCUT2D eigenvalue weighted by molar-refractivity contribution is 7.88. The minimum Gasteiger partial charge on any atom is -0.305 e. The number of hydrogen-bond acceptors (Lipinski definition) is 4. The number of rotatable bonds is 5. The number of carbonyl (C=O) groups excluding carboxylic acids is 1. The van der Waals surface area contributed by atoms with E-state index in [9.17, 15) is 22.0 Å². The summed E-state index contributed by atoms with van der Waals surface area (Å²) >= 11 is 0. The van der Waals surface area contributed by atoms with Crippen molar-refractivity contribution in [3.8, 4) is 0 Å². The topological polar surface area (TPSA) is 91.7 Å². The summed E-state index contributed by atoms with van der Waals surface area (Å²) in [5.74, 6) is -3.43. The molecule has 0 radical (unpaired) electrons. The van der Waals surface area contributed by atoms with Crippen LogP contribution in [0.5, 0.6) is 0 Å². The van der Waals surface area contributed by atoms with Crippen molar-refractivity contribution in [3.05, 3.63) is 35.7 Å². The summed E-state index contributed by atoms with van der Waals surface area (Å²) in [6.45, 7) is 4.48. The third-order valence-electron chi connectivity index (χ3n) is 5.45. The first-order valence-electron chi connectivity index (χ1n) is 10.0. The Labute approximate surface area is 175 Å². The summed E-state index contributed by atoms with van der Waals surface area (Å²) in [4.78, 5) is 16.7. The molecule has 2 aliphatic rings. The molecule has 1 aliphatic heterocycles. The molecular formula is C20H26F2N4O3S. The number of nitrogens with zero attached hydrogens (tertiary/aromatic N) is 3. The highest BCUT2D eigenvalue weighted by atomic mass is 32.2. The second-order valence-electron chi connectivity index (χ2n) is 7.90. The number of halogens is 2. The lowest BCUT2D eigenvalue weighted by atomic mass is 9.80. The molecule has 2 heterocycles. The normalized spacial score (nSPS) is 24.1. The van der Waals surface area contributed by atoms with Gasteiger partial charge in [0.1, 0.15) is 17.2 Å². The highest BCUT2D eigenvalue weighted by Gasteiger charge is 2.35. The molecule has 10 heteroatoms. The van der Waals surface area contributed by atoms with E-state index in [0.717, 1.165) is 36.1 Å². The van der Waals surface area contributed by atoms with Crippen molar-refractivity contribution >= 4 is 27.6 Å². The highest BCUT2D eigenvalue weighted by Crippen LogP contribution is 2.32. The van der Waals surface area contributed by atoms with E-state index in [1.165, 1.54) is 18.2 Å². The van der Waals surface area contributed by atoms with Gasteiger partial charge in [-0.05, 0) is 43.9 Å². The lowest BCUT2D eigenvalue weighted by Crippen LogP contribution is -2.39. The van der Waals surface area contributed by atoms with Crippen LogP contribution in [0.1, 0.15) is 52.1 Å². The van der Waals surface area contributed by atoms with Crippen LogP contribution in [0, 0.1) is 11.8 Å². The smallest absolute Gasteiger partial charge is 0.305 e. The predicted octanol–water partition coefficient (Wildman–Crippen LogP) is 3.86. The molecular weight excluding hydrogens is 414 g/mol. The van der Waals surface area contributed by atoms with E-state index in [2.05, 4.69) is 21.6 Å². The van der Waals surface area contributed by atoms with Gasteiger partial charge in [0.25, 0.3) is 11.8 Å². The Hall–Kier alpha value is -2.36. The van der Waals surface area contributed by atoms with Crippen LogP contribution in [-0.2, 0) is 20.9 Å². The number of allylic oxidation sites excluding steroid dienone is 1. The number of hydrogen-bond donors (Lipinski definition) is 1. The maximum Gasteiger partial charge on any atom is 0.345 e. The van der Waals surface area contributed by atoms with Gasteiger partial charge in [-0.3, -0.25) is 4.79 Å². The average molecular weight is 441 g/mol. The van der Waals surface area contributed by atoms with E-state index >= 15 is 0 Å². The predicted molar refractivity (Wildman–Crippen MR) is 110 cm³/mol. The van der Waals surface area contributed by atoms with Gasteiger partial charge >= 0.3 is 10.2 Å². The van der Waals surface area contributed by atoms with Crippen LogP contribution in [0.15, 0.2) is 34.4 Å². The molecule has 30 heavy (non-hydrogen) atoms. The van der Waals surface area contributed by atoms with Gasteiger partial charge in [-0.2, -0.15) is 17.2 Å². The maximum atomic E-state index is 13.5. The SMILES string of the molecule is CCN1C(C(=O)Nc2cccc(C(C)(F)F)n2)=CC(C2CCC(C)CC2)=NS1(=O)=O. The van der Waals surface area contributed by atoms with Crippen LogP contribution in [0.4, 0.5) is 14.6 Å². The van der Waals surface area contributed by atoms with Crippen molar-refractivity contribution in [2.24, 2.45) is 16.2 Å². The average Bonchev–Trinajstić information content (AvgIpc) is 2.66. The molecule has 0 saturated heterocycles. The first-order valence-corrected chi connectivity index (χ1v) is 11.4. The van der Waals surface area contributed by atoms with Gasteiger partial charge in [0.05, 0.1) is 5.71 Å². The van der Waals surface area contributed by atoms with Crippen LogP contribution in [0.25, 0.3) is 0 Å². The molecule has 1 amide bonds. The zero-order chi connectivity index (χ0) is 22.1. The fourth-order valence-corrected chi connectivity index (χ4v) is 5.01. The molecule has 1 N–H and O–H groups in total. The number of alkyl halides is 2. The van der Waals surface area contributed by atoms with Crippen LogP contribution in [0.3, 0.4) is 0 Å². The molecule has 0 aromatic carbocycles. The van der Waals surface area contributed by atoms with Gasteiger partial charge in [-0.25, -0.2) is 9.29 Å². The summed E-state index contributed by atoms with van der Waals surface area (Å²) < 4.78 is 57.3. The minimum atomic E-state index is -4.05. The van der Waals surface area contributed by atoms with E-state index in [1.807, 2.05) is 0 Å².